The molecule has 2 N–H and O–H groups in total. The van der Waals surface area contributed by atoms with Gasteiger partial charge in [0, 0.05) is 6.66 Å². The second kappa shape index (κ2) is 4.98. The third-order valence-electron chi connectivity index (χ3n) is 0.451. The Labute approximate surface area is 73.1 Å². The fourth-order valence-electron chi connectivity index (χ4n) is 0.293. The first-order valence-electron chi connectivity index (χ1n) is 2.00. The zero-order valence-corrected chi connectivity index (χ0v) is 8.40. The minimum absolute atomic E-state index is 0. The molecule has 1 unspecified atom stereocenters. The molecule has 0 saturated heterocycles. The Hall–Kier alpha value is 1.15. The van der Waals surface area contributed by atoms with Crippen LogP contribution in [-0.2, 0) is 4.57 Å². The number of nitrogens with one attached hydrogen (secondary N) is 1. The van der Waals surface area contributed by atoms with Crippen molar-refractivity contribution in [1.82, 2.24) is 5.32 Å². The van der Waals surface area contributed by atoms with Crippen molar-refractivity contribution in [2.45, 2.75) is 0 Å². The first-order chi connectivity index (χ1) is 3.06. The van der Waals surface area contributed by atoms with Gasteiger partial charge in [0.05, 0.1) is 6.29 Å². The van der Waals surface area contributed by atoms with Crippen molar-refractivity contribution in [3.63, 3.8) is 0 Å². The molecule has 0 aliphatic rings. The summed E-state index contributed by atoms with van der Waals surface area (Å²) >= 11 is 0. The minimum Gasteiger partial charge on any atom is -1.00 e. The quantitative estimate of drug-likeness (QED) is 0.327. The first-order valence-corrected chi connectivity index (χ1v) is 4.29. The van der Waals surface area contributed by atoms with E-state index < -0.39 is 7.37 Å². The molecule has 0 amide bonds. The van der Waals surface area contributed by atoms with Crippen molar-refractivity contribution in [2.24, 2.45) is 0 Å². The van der Waals surface area contributed by atoms with Crippen LogP contribution in [0.4, 0.5) is 0 Å². The van der Waals surface area contributed by atoms with E-state index in [1.807, 2.05) is 0 Å². The fourth-order valence-corrected chi connectivity index (χ4v) is 0.880. The van der Waals surface area contributed by atoms with Crippen molar-refractivity contribution in [1.29, 1.82) is 0 Å². The van der Waals surface area contributed by atoms with Gasteiger partial charge in [0.15, 0.2) is 0 Å². The zero-order valence-electron chi connectivity index (χ0n) is 6.51. The third-order valence-corrected chi connectivity index (χ3v) is 1.35. The average molecular weight is 147 g/mol. The molecule has 0 aliphatic carbocycles. The maximum atomic E-state index is 10.3. The Morgan fingerprint density at radius 2 is 2.25 bits per heavy atom. The van der Waals surface area contributed by atoms with E-state index in [4.69, 9.17) is 4.89 Å². The van der Waals surface area contributed by atoms with Gasteiger partial charge in [0.2, 0.25) is 7.37 Å². The minimum atomic E-state index is -2.78. The van der Waals surface area contributed by atoms with Crippen LogP contribution in [-0.4, -0.2) is 24.9 Å². The summed E-state index contributed by atoms with van der Waals surface area (Å²) in [5.74, 6) is 0. The maximum Gasteiger partial charge on any atom is 1.00 e. The summed E-state index contributed by atoms with van der Waals surface area (Å²) in [6.45, 7) is 1.32. The summed E-state index contributed by atoms with van der Waals surface area (Å²) in [7, 11) is -1.13. The monoisotopic (exact) mass is 147 g/mol. The van der Waals surface area contributed by atoms with E-state index in [0.29, 0.717) is 0 Å². The Kier molecular flexibility index (Phi) is 7.40. The van der Waals surface area contributed by atoms with Crippen LogP contribution in [0.5, 0.6) is 0 Å². The summed E-state index contributed by atoms with van der Waals surface area (Å²) in [5, 5.41) is 2.59. The predicted octanol–water partition coefficient (Wildman–Crippen LogP) is -2.82. The molecule has 46 valence electrons. The van der Waals surface area contributed by atoms with Gasteiger partial charge in [0.25, 0.3) is 0 Å². The predicted molar refractivity (Wildman–Crippen MR) is 30.8 cm³/mol. The summed E-state index contributed by atoms with van der Waals surface area (Å²) in [5.41, 5.74) is 0. The zero-order chi connectivity index (χ0) is 5.91. The van der Waals surface area contributed by atoms with Crippen LogP contribution < -0.4 is 34.9 Å². The molecule has 3 nitrogen and oxygen atoms in total. The molecule has 0 aliphatic heterocycles. The van der Waals surface area contributed by atoms with Gasteiger partial charge in [-0.3, -0.25) is 4.57 Å². The van der Waals surface area contributed by atoms with Gasteiger partial charge in [-0.2, -0.15) is 0 Å². The van der Waals surface area contributed by atoms with Crippen molar-refractivity contribution >= 4 is 7.37 Å². The molecule has 0 spiro atoms. The molecular weight excluding hydrogens is 136 g/mol. The van der Waals surface area contributed by atoms with Crippen LogP contribution in [0.2, 0.25) is 0 Å². The Morgan fingerprint density at radius 3 is 2.25 bits per heavy atom. The molecule has 1 atom stereocenters. The van der Waals surface area contributed by atoms with Crippen LogP contribution in [0.15, 0.2) is 0 Å². The van der Waals surface area contributed by atoms with Gasteiger partial charge in [-0.1, -0.05) is 0 Å². The first kappa shape index (κ1) is 11.9. The van der Waals surface area contributed by atoms with Gasteiger partial charge < -0.3 is 11.6 Å². The largest absolute Gasteiger partial charge is 1.00 e. The van der Waals surface area contributed by atoms with Crippen LogP contribution in [0, 0.1) is 0 Å². The van der Waals surface area contributed by atoms with Crippen molar-refractivity contribution in [2.75, 3.05) is 20.0 Å². The molecule has 0 radical (unpaired) electrons. The second-order valence-electron chi connectivity index (χ2n) is 1.56. The molecule has 0 rings (SSSR count). The van der Waals surface area contributed by atoms with Crippen LogP contribution in [0.25, 0.3) is 0 Å². The van der Waals surface area contributed by atoms with Gasteiger partial charge in [-0.25, -0.2) is 0 Å². The van der Waals surface area contributed by atoms with E-state index in [-0.39, 0.29) is 37.3 Å². The smallest absolute Gasteiger partial charge is 1.00 e. The summed E-state index contributed by atoms with van der Waals surface area (Å²) < 4.78 is 10.3. The van der Waals surface area contributed by atoms with E-state index in [0.717, 1.165) is 0 Å². The topological polar surface area (TPSA) is 49.3 Å². The summed E-state index contributed by atoms with van der Waals surface area (Å²) in [6.07, 6.45) is 0.201. The standard InChI is InChI=1S/C3H10NO2P.Na.H/c1-4-3-7(2,5)6;;/h4H,3H2,1-2H3,(H,5,6);;/q;+1;-1. The summed E-state index contributed by atoms with van der Waals surface area (Å²) in [4.78, 5) is 8.51. The SMILES string of the molecule is CNCP(C)(=O)O.[H-].[Na+]. The van der Waals surface area contributed by atoms with Gasteiger partial charge in [-0.15, -0.1) is 0 Å². The van der Waals surface area contributed by atoms with Crippen molar-refractivity contribution in [3.05, 3.63) is 0 Å². The molecule has 0 aromatic heterocycles. The number of hydrogen-bond acceptors (Lipinski definition) is 2. The number of rotatable bonds is 2. The average Bonchev–Trinajstić information content (AvgIpc) is 1.30. The van der Waals surface area contributed by atoms with Gasteiger partial charge >= 0.3 is 29.6 Å². The molecule has 0 saturated carbocycles. The maximum absolute atomic E-state index is 10.3. The third kappa shape index (κ3) is 10.2. The molecule has 0 fully saturated rings. The fraction of sp³-hybridized carbons (Fsp3) is 1.00. The van der Waals surface area contributed by atoms with Crippen LogP contribution in [0.3, 0.4) is 0 Å². The Morgan fingerprint density at radius 1 is 1.88 bits per heavy atom. The molecule has 0 aromatic rings. The normalized spacial score (nSPS) is 16.4. The van der Waals surface area contributed by atoms with Crippen molar-refractivity contribution in [3.8, 4) is 0 Å². The van der Waals surface area contributed by atoms with E-state index >= 15 is 0 Å². The van der Waals surface area contributed by atoms with Crippen LogP contribution in [0.1, 0.15) is 1.43 Å². The van der Waals surface area contributed by atoms with Crippen molar-refractivity contribution < 1.29 is 40.4 Å². The molecule has 0 aromatic carbocycles. The van der Waals surface area contributed by atoms with Crippen LogP contribution >= 0.6 is 7.37 Å². The molecule has 5 heteroatoms. The molecule has 8 heavy (non-hydrogen) atoms. The van der Waals surface area contributed by atoms with E-state index in [2.05, 4.69) is 5.32 Å². The Balaban J connectivity index is -0.000000180. The van der Waals surface area contributed by atoms with Gasteiger partial charge in [0.1, 0.15) is 0 Å². The Bertz CT molecular complexity index is 95.8. The van der Waals surface area contributed by atoms with Gasteiger partial charge in [-0.05, 0) is 7.05 Å². The second-order valence-corrected chi connectivity index (χ2v) is 3.98. The van der Waals surface area contributed by atoms with E-state index in [1.54, 1.807) is 7.05 Å². The molecular formula is C3H11NNaO2P. The van der Waals surface area contributed by atoms with E-state index in [9.17, 15) is 4.57 Å². The molecule has 0 bridgehead atoms. The van der Waals surface area contributed by atoms with E-state index in [1.165, 1.54) is 6.66 Å². The number of hydrogen-bond donors (Lipinski definition) is 2. The summed E-state index contributed by atoms with van der Waals surface area (Å²) in [6, 6.07) is 0. The molecule has 0 heterocycles.